The van der Waals surface area contributed by atoms with Gasteiger partial charge in [0.1, 0.15) is 0 Å². The number of rotatable bonds is 2. The molecule has 3 aromatic rings. The van der Waals surface area contributed by atoms with Gasteiger partial charge in [0.2, 0.25) is 0 Å². The van der Waals surface area contributed by atoms with E-state index < -0.39 is 0 Å². The van der Waals surface area contributed by atoms with E-state index in [2.05, 4.69) is 4.98 Å². The summed E-state index contributed by atoms with van der Waals surface area (Å²) in [7, 11) is 0. The van der Waals surface area contributed by atoms with Gasteiger partial charge < -0.3 is 0 Å². The molecule has 0 unspecified atom stereocenters. The Bertz CT molecular complexity index is 819. The molecule has 3 rings (SSSR count). The molecule has 7 heteroatoms. The molecule has 24 heavy (non-hydrogen) atoms. The van der Waals surface area contributed by atoms with Gasteiger partial charge in [0.15, 0.2) is 0 Å². The lowest BCUT2D eigenvalue weighted by atomic mass is 10.0. The molecule has 0 aliphatic rings. The van der Waals surface area contributed by atoms with Gasteiger partial charge in [-0.2, -0.15) is 0 Å². The van der Waals surface area contributed by atoms with Gasteiger partial charge in [0, 0.05) is 11.8 Å². The Morgan fingerprint density at radius 2 is 1.00 bits per heavy atom. The number of hydrogen-bond donors (Lipinski definition) is 0. The second kappa shape index (κ2) is 7.29. The molecule has 0 spiro atoms. The third kappa shape index (κ3) is 3.62. The van der Waals surface area contributed by atoms with Crippen LogP contribution in [0.4, 0.5) is 0 Å². The van der Waals surface area contributed by atoms with Crippen molar-refractivity contribution in [3.63, 3.8) is 0 Å². The second-order valence-electron chi connectivity index (χ2n) is 4.94. The Morgan fingerprint density at radius 3 is 1.50 bits per heavy atom. The van der Waals surface area contributed by atoms with E-state index in [1.54, 1.807) is 30.5 Å². The largest absolute Gasteiger partial charge is 0.256 e. The predicted octanol–water partition coefficient (Wildman–Crippen LogP) is 8.34. The summed E-state index contributed by atoms with van der Waals surface area (Å²) in [5, 5.41) is 2.14. The van der Waals surface area contributed by atoms with Gasteiger partial charge in [-0.05, 0) is 47.5 Å². The molecule has 0 fully saturated rings. The number of benzene rings is 2. The van der Waals surface area contributed by atoms with E-state index in [9.17, 15) is 0 Å². The van der Waals surface area contributed by atoms with Gasteiger partial charge in [0.05, 0.1) is 35.8 Å². The Balaban J connectivity index is 2.10. The first-order chi connectivity index (χ1) is 11.4. The molecule has 0 saturated carbocycles. The molecule has 0 atom stereocenters. The summed E-state index contributed by atoms with van der Waals surface area (Å²) in [6, 6.07) is 10.6. The topological polar surface area (TPSA) is 12.9 Å². The molecule has 0 radical (unpaired) electrons. The Kier molecular flexibility index (Phi) is 5.51. The van der Waals surface area contributed by atoms with Crippen molar-refractivity contribution >= 4 is 69.6 Å². The Hall–Kier alpha value is -0.670. The lowest BCUT2D eigenvalue weighted by Crippen LogP contribution is -1.87. The van der Waals surface area contributed by atoms with Crippen LogP contribution in [0.25, 0.3) is 22.4 Å². The maximum Gasteiger partial charge on any atom is 0.0778 e. The fourth-order valence-electron chi connectivity index (χ4n) is 2.19. The molecule has 0 bridgehead atoms. The smallest absolute Gasteiger partial charge is 0.0778 e. The summed E-state index contributed by atoms with van der Waals surface area (Å²) in [4.78, 5) is 4.36. The van der Waals surface area contributed by atoms with Crippen LogP contribution in [0.2, 0.25) is 30.1 Å². The molecule has 0 N–H and O–H groups in total. The van der Waals surface area contributed by atoms with Crippen molar-refractivity contribution in [1.29, 1.82) is 0 Å². The summed E-state index contributed by atoms with van der Waals surface area (Å²) in [6.45, 7) is 0. The first-order valence-corrected chi connectivity index (χ1v) is 8.89. The highest BCUT2D eigenvalue weighted by Crippen LogP contribution is 2.37. The van der Waals surface area contributed by atoms with E-state index in [1.165, 1.54) is 0 Å². The third-order valence-corrected chi connectivity index (χ3v) is 5.75. The molecule has 2 aromatic carbocycles. The van der Waals surface area contributed by atoms with Gasteiger partial charge >= 0.3 is 0 Å². The van der Waals surface area contributed by atoms with Crippen molar-refractivity contribution in [3.05, 3.63) is 72.7 Å². The quantitative estimate of drug-likeness (QED) is 0.367. The van der Waals surface area contributed by atoms with E-state index in [4.69, 9.17) is 69.6 Å². The van der Waals surface area contributed by atoms with Gasteiger partial charge in [-0.3, -0.25) is 4.98 Å². The van der Waals surface area contributed by atoms with Crippen molar-refractivity contribution < 1.29 is 0 Å². The minimum absolute atomic E-state index is 0.314. The second-order valence-corrected chi connectivity index (χ2v) is 7.32. The summed E-state index contributed by atoms with van der Waals surface area (Å²) >= 11 is 36.4. The lowest BCUT2D eigenvalue weighted by molar-refractivity contribution is 1.33. The monoisotopic (exact) mass is 435 g/mol. The van der Waals surface area contributed by atoms with E-state index in [0.29, 0.717) is 35.8 Å². The standard InChI is InChI=1S/C17H7Cl6N/c18-11-3-9(4-12(19)16(11)22)8-1-2-24-15(7-8)10-5-13(20)17(23)14(21)6-10/h1-7H. The first kappa shape index (κ1) is 18.1. The zero-order valence-corrected chi connectivity index (χ0v) is 16.3. The zero-order valence-electron chi connectivity index (χ0n) is 11.8. The minimum Gasteiger partial charge on any atom is -0.256 e. The van der Waals surface area contributed by atoms with Gasteiger partial charge in [-0.25, -0.2) is 0 Å². The van der Waals surface area contributed by atoms with Gasteiger partial charge in [0.25, 0.3) is 0 Å². The van der Waals surface area contributed by atoms with E-state index in [0.717, 1.165) is 16.7 Å². The molecule has 1 nitrogen and oxygen atoms in total. The molecule has 0 aliphatic carbocycles. The van der Waals surface area contributed by atoms with Crippen LogP contribution in [-0.2, 0) is 0 Å². The predicted molar refractivity (Wildman–Crippen MR) is 105 cm³/mol. The van der Waals surface area contributed by atoms with Crippen LogP contribution < -0.4 is 0 Å². The fourth-order valence-corrected chi connectivity index (χ4v) is 3.39. The SMILES string of the molecule is Clc1cc(-c2ccnc(-c3cc(Cl)c(Cl)c(Cl)c3)c2)cc(Cl)c1Cl. The van der Waals surface area contributed by atoms with Crippen LogP contribution >= 0.6 is 69.6 Å². The van der Waals surface area contributed by atoms with Crippen LogP contribution in [0.15, 0.2) is 42.6 Å². The van der Waals surface area contributed by atoms with Crippen molar-refractivity contribution in [2.75, 3.05) is 0 Å². The Morgan fingerprint density at radius 1 is 0.542 bits per heavy atom. The molecule has 0 aliphatic heterocycles. The number of aromatic nitrogens is 1. The van der Waals surface area contributed by atoms with Crippen molar-refractivity contribution in [3.8, 4) is 22.4 Å². The van der Waals surface area contributed by atoms with E-state index in [1.807, 2.05) is 12.1 Å². The van der Waals surface area contributed by atoms with Crippen molar-refractivity contribution in [1.82, 2.24) is 4.98 Å². The summed E-state index contributed by atoms with van der Waals surface area (Å²) < 4.78 is 0. The maximum atomic E-state index is 6.10. The zero-order chi connectivity index (χ0) is 17.4. The van der Waals surface area contributed by atoms with Crippen LogP contribution in [0, 0.1) is 0 Å². The van der Waals surface area contributed by atoms with Gasteiger partial charge in [-0.1, -0.05) is 69.6 Å². The number of halogens is 6. The van der Waals surface area contributed by atoms with Crippen molar-refractivity contribution in [2.45, 2.75) is 0 Å². The fraction of sp³-hybridized carbons (Fsp3) is 0. The minimum atomic E-state index is 0.314. The molecule has 1 heterocycles. The summed E-state index contributed by atoms with van der Waals surface area (Å²) in [6.07, 6.45) is 1.68. The third-order valence-electron chi connectivity index (χ3n) is 3.36. The van der Waals surface area contributed by atoms with Crippen LogP contribution in [0.5, 0.6) is 0 Å². The number of pyridine rings is 1. The molecular formula is C17H7Cl6N. The summed E-state index contributed by atoms with van der Waals surface area (Å²) in [5.41, 5.74) is 3.14. The molecular weight excluding hydrogens is 431 g/mol. The Labute approximate surface area is 169 Å². The van der Waals surface area contributed by atoms with Crippen molar-refractivity contribution in [2.24, 2.45) is 0 Å². The molecule has 0 amide bonds. The van der Waals surface area contributed by atoms with Crippen LogP contribution in [-0.4, -0.2) is 4.98 Å². The summed E-state index contributed by atoms with van der Waals surface area (Å²) in [5.74, 6) is 0. The maximum absolute atomic E-state index is 6.10. The molecule has 0 saturated heterocycles. The van der Waals surface area contributed by atoms with Gasteiger partial charge in [-0.15, -0.1) is 0 Å². The lowest BCUT2D eigenvalue weighted by Gasteiger charge is -2.09. The highest BCUT2D eigenvalue weighted by atomic mass is 35.5. The molecule has 122 valence electrons. The average molecular weight is 438 g/mol. The van der Waals surface area contributed by atoms with Crippen LogP contribution in [0.3, 0.4) is 0 Å². The number of nitrogens with zero attached hydrogens (tertiary/aromatic N) is 1. The first-order valence-electron chi connectivity index (χ1n) is 6.62. The highest BCUT2D eigenvalue weighted by Gasteiger charge is 2.11. The average Bonchev–Trinajstić information content (AvgIpc) is 2.56. The number of hydrogen-bond acceptors (Lipinski definition) is 1. The van der Waals surface area contributed by atoms with Crippen LogP contribution in [0.1, 0.15) is 0 Å². The van der Waals surface area contributed by atoms with E-state index >= 15 is 0 Å². The van der Waals surface area contributed by atoms with E-state index in [-0.39, 0.29) is 0 Å². The highest BCUT2D eigenvalue weighted by molar-refractivity contribution is 6.49. The molecule has 1 aromatic heterocycles. The normalized spacial score (nSPS) is 10.9.